The van der Waals surface area contributed by atoms with Crippen molar-refractivity contribution in [1.29, 1.82) is 0 Å². The lowest BCUT2D eigenvalue weighted by Gasteiger charge is -2.17. The average Bonchev–Trinajstić information content (AvgIpc) is 2.29. The zero-order valence-electron chi connectivity index (χ0n) is 8.41. The van der Waals surface area contributed by atoms with E-state index in [2.05, 4.69) is 5.10 Å². The van der Waals surface area contributed by atoms with Crippen molar-refractivity contribution in [2.45, 2.75) is 39.3 Å². The molecule has 0 aliphatic carbocycles. The van der Waals surface area contributed by atoms with Gasteiger partial charge in [-0.3, -0.25) is 4.68 Å². The minimum Gasteiger partial charge on any atom is -0.396 e. The lowest BCUT2D eigenvalue weighted by Crippen LogP contribution is -2.21. The second kappa shape index (κ2) is 3.38. The van der Waals surface area contributed by atoms with Crippen LogP contribution in [-0.2, 0) is 6.54 Å². The fourth-order valence-corrected chi connectivity index (χ4v) is 1.07. The van der Waals surface area contributed by atoms with E-state index in [1.165, 1.54) is 0 Å². The summed E-state index contributed by atoms with van der Waals surface area (Å²) in [6, 6.07) is 0. The van der Waals surface area contributed by atoms with Crippen molar-refractivity contribution in [2.75, 3.05) is 5.73 Å². The molecule has 74 valence electrons. The number of rotatable bonds is 3. The fraction of sp³-hybridized carbons (Fsp3) is 0.667. The van der Waals surface area contributed by atoms with E-state index < -0.39 is 5.60 Å². The van der Waals surface area contributed by atoms with Crippen molar-refractivity contribution in [2.24, 2.45) is 0 Å². The Morgan fingerprint density at radius 3 is 2.62 bits per heavy atom. The highest BCUT2D eigenvalue weighted by molar-refractivity contribution is 5.39. The third-order valence-corrected chi connectivity index (χ3v) is 2.08. The Hall–Kier alpha value is -1.03. The summed E-state index contributed by atoms with van der Waals surface area (Å²) >= 11 is 0. The summed E-state index contributed by atoms with van der Waals surface area (Å²) in [5, 5.41) is 13.6. The molecule has 0 saturated carbocycles. The van der Waals surface area contributed by atoms with Crippen LogP contribution in [0.15, 0.2) is 6.20 Å². The van der Waals surface area contributed by atoms with Crippen LogP contribution in [0.3, 0.4) is 0 Å². The lowest BCUT2D eigenvalue weighted by atomic mass is 10.1. The maximum Gasteiger partial charge on any atom is 0.0730 e. The fourth-order valence-electron chi connectivity index (χ4n) is 1.07. The molecule has 0 aliphatic heterocycles. The average molecular weight is 183 g/mol. The molecule has 0 saturated heterocycles. The Labute approximate surface area is 78.4 Å². The van der Waals surface area contributed by atoms with E-state index in [0.717, 1.165) is 5.69 Å². The number of hydrogen-bond acceptors (Lipinski definition) is 3. The van der Waals surface area contributed by atoms with Gasteiger partial charge in [0.1, 0.15) is 0 Å². The maximum absolute atomic E-state index is 9.50. The number of nitrogens with two attached hydrogens (primary N) is 1. The van der Waals surface area contributed by atoms with Crippen LogP contribution in [0, 0.1) is 6.92 Å². The van der Waals surface area contributed by atoms with Crippen molar-refractivity contribution < 1.29 is 5.11 Å². The Morgan fingerprint density at radius 2 is 2.23 bits per heavy atom. The highest BCUT2D eigenvalue weighted by Gasteiger charge is 2.13. The first-order valence-corrected chi connectivity index (χ1v) is 4.40. The van der Waals surface area contributed by atoms with E-state index in [9.17, 15) is 5.11 Å². The van der Waals surface area contributed by atoms with Gasteiger partial charge in [-0.25, -0.2) is 0 Å². The van der Waals surface area contributed by atoms with Crippen molar-refractivity contribution in [3.63, 3.8) is 0 Å². The van der Waals surface area contributed by atoms with Crippen LogP contribution in [0.5, 0.6) is 0 Å². The Kier molecular flexibility index (Phi) is 2.61. The molecule has 3 N–H and O–H groups in total. The lowest BCUT2D eigenvalue weighted by molar-refractivity contribution is 0.0649. The van der Waals surface area contributed by atoms with E-state index in [-0.39, 0.29) is 0 Å². The zero-order valence-corrected chi connectivity index (χ0v) is 8.41. The van der Waals surface area contributed by atoms with Gasteiger partial charge in [0.2, 0.25) is 0 Å². The number of nitrogen functional groups attached to an aromatic ring is 1. The molecule has 1 aromatic heterocycles. The Bertz CT molecular complexity index is 286. The van der Waals surface area contributed by atoms with Crippen molar-refractivity contribution in [1.82, 2.24) is 9.78 Å². The van der Waals surface area contributed by atoms with Crippen molar-refractivity contribution in [3.8, 4) is 0 Å². The molecule has 1 rings (SSSR count). The summed E-state index contributed by atoms with van der Waals surface area (Å²) < 4.78 is 1.81. The Balaban J connectivity index is 2.60. The maximum atomic E-state index is 9.50. The van der Waals surface area contributed by atoms with E-state index in [0.29, 0.717) is 18.7 Å². The molecule has 1 heterocycles. The summed E-state index contributed by atoms with van der Waals surface area (Å²) in [4.78, 5) is 0. The minimum absolute atomic E-state index is 0.646. The third kappa shape index (κ3) is 2.73. The van der Waals surface area contributed by atoms with Gasteiger partial charge in [0.05, 0.1) is 23.2 Å². The minimum atomic E-state index is -0.646. The van der Waals surface area contributed by atoms with Crippen LogP contribution in [0.4, 0.5) is 5.69 Å². The van der Waals surface area contributed by atoms with Crippen LogP contribution in [0.1, 0.15) is 26.0 Å². The van der Waals surface area contributed by atoms with Gasteiger partial charge in [-0.2, -0.15) is 5.10 Å². The molecule has 0 aromatic carbocycles. The quantitative estimate of drug-likeness (QED) is 0.732. The number of aryl methyl sites for hydroxylation is 1. The molecular formula is C9H17N3O. The van der Waals surface area contributed by atoms with Gasteiger partial charge in [-0.1, -0.05) is 0 Å². The number of anilines is 1. The highest BCUT2D eigenvalue weighted by Crippen LogP contribution is 2.13. The second-order valence-electron chi connectivity index (χ2n) is 3.97. The van der Waals surface area contributed by atoms with Crippen LogP contribution in [0.25, 0.3) is 0 Å². The molecule has 13 heavy (non-hydrogen) atoms. The second-order valence-corrected chi connectivity index (χ2v) is 3.97. The van der Waals surface area contributed by atoms with Gasteiger partial charge in [0, 0.05) is 6.54 Å². The van der Waals surface area contributed by atoms with Gasteiger partial charge in [-0.15, -0.1) is 0 Å². The molecule has 4 heteroatoms. The van der Waals surface area contributed by atoms with Gasteiger partial charge < -0.3 is 10.8 Å². The summed E-state index contributed by atoms with van der Waals surface area (Å²) in [6.07, 6.45) is 2.31. The van der Waals surface area contributed by atoms with E-state index in [4.69, 9.17) is 5.73 Å². The van der Waals surface area contributed by atoms with Crippen LogP contribution >= 0.6 is 0 Å². The Morgan fingerprint density at radius 1 is 1.62 bits per heavy atom. The van der Waals surface area contributed by atoms with Gasteiger partial charge in [0.25, 0.3) is 0 Å². The molecule has 0 spiro atoms. The van der Waals surface area contributed by atoms with Crippen molar-refractivity contribution in [3.05, 3.63) is 11.9 Å². The SMILES string of the molecule is Cc1c(N)cnn1CCC(C)(C)O. The van der Waals surface area contributed by atoms with E-state index in [1.54, 1.807) is 20.0 Å². The molecule has 0 aliphatic rings. The number of hydrogen-bond donors (Lipinski definition) is 2. The first-order valence-electron chi connectivity index (χ1n) is 4.40. The number of aliphatic hydroxyl groups is 1. The van der Waals surface area contributed by atoms with Gasteiger partial charge in [-0.05, 0) is 27.2 Å². The van der Waals surface area contributed by atoms with Gasteiger partial charge in [0.15, 0.2) is 0 Å². The smallest absolute Gasteiger partial charge is 0.0730 e. The van der Waals surface area contributed by atoms with E-state index >= 15 is 0 Å². The molecular weight excluding hydrogens is 166 g/mol. The molecule has 0 amide bonds. The summed E-state index contributed by atoms with van der Waals surface area (Å²) in [6.45, 7) is 6.20. The van der Waals surface area contributed by atoms with Crippen molar-refractivity contribution >= 4 is 5.69 Å². The third-order valence-electron chi connectivity index (χ3n) is 2.08. The normalized spacial score (nSPS) is 12.0. The molecule has 1 aromatic rings. The zero-order chi connectivity index (χ0) is 10.1. The van der Waals surface area contributed by atoms with Crippen LogP contribution in [0.2, 0.25) is 0 Å². The summed E-state index contributed by atoms with van der Waals surface area (Å²) in [7, 11) is 0. The molecule has 0 radical (unpaired) electrons. The highest BCUT2D eigenvalue weighted by atomic mass is 16.3. The largest absolute Gasteiger partial charge is 0.396 e. The first-order chi connectivity index (χ1) is 5.90. The monoisotopic (exact) mass is 183 g/mol. The van der Waals surface area contributed by atoms with Gasteiger partial charge >= 0.3 is 0 Å². The standard InChI is InChI=1S/C9H17N3O/c1-7-8(10)6-11-12(7)5-4-9(2,3)13/h6,13H,4-5,10H2,1-3H3. The number of nitrogens with zero attached hydrogens (tertiary/aromatic N) is 2. The summed E-state index contributed by atoms with van der Waals surface area (Å²) in [5.41, 5.74) is 6.66. The van der Waals surface area contributed by atoms with Crippen LogP contribution < -0.4 is 5.73 Å². The molecule has 0 unspecified atom stereocenters. The van der Waals surface area contributed by atoms with Crippen LogP contribution in [-0.4, -0.2) is 20.5 Å². The summed E-state index contributed by atoms with van der Waals surface area (Å²) in [5.74, 6) is 0. The predicted molar refractivity (Wildman–Crippen MR) is 52.3 cm³/mol. The van der Waals surface area contributed by atoms with E-state index in [1.807, 2.05) is 11.6 Å². The molecule has 0 atom stereocenters. The first kappa shape index (κ1) is 10.1. The molecule has 0 bridgehead atoms. The molecule has 4 nitrogen and oxygen atoms in total. The molecule has 0 fully saturated rings. The number of aromatic nitrogens is 2. The topological polar surface area (TPSA) is 64.1 Å². The predicted octanol–water partition coefficient (Wildman–Crippen LogP) is 0.935.